The Balaban J connectivity index is 2.21. The van der Waals surface area contributed by atoms with Crippen molar-refractivity contribution in [3.63, 3.8) is 0 Å². The predicted octanol–water partition coefficient (Wildman–Crippen LogP) is 1.87. The number of hydrogen-bond acceptors (Lipinski definition) is 3. The van der Waals surface area contributed by atoms with Crippen LogP contribution < -0.4 is 5.73 Å². The summed E-state index contributed by atoms with van der Waals surface area (Å²) in [5, 5.41) is 4.38. The summed E-state index contributed by atoms with van der Waals surface area (Å²) in [6.45, 7) is 4.09. The summed E-state index contributed by atoms with van der Waals surface area (Å²) in [5.74, 6) is 0. The van der Waals surface area contributed by atoms with Crippen molar-refractivity contribution in [1.29, 1.82) is 0 Å². The number of rotatable bonds is 3. The van der Waals surface area contributed by atoms with Crippen LogP contribution in [0.2, 0.25) is 0 Å². The average molecular weight is 219 g/mol. The van der Waals surface area contributed by atoms with Crippen molar-refractivity contribution in [2.24, 2.45) is 12.8 Å². The smallest absolute Gasteiger partial charge is 0.0950 e. The molecule has 0 spiro atoms. The van der Waals surface area contributed by atoms with Gasteiger partial charge in [-0.05, 0) is 31.9 Å². The molecule has 0 saturated carbocycles. The third kappa shape index (κ3) is 1.88. The molecule has 4 heteroatoms. The van der Waals surface area contributed by atoms with Gasteiger partial charge in [-0.3, -0.25) is 4.68 Å². The minimum absolute atomic E-state index is 0.0275. The quantitative estimate of drug-likeness (QED) is 0.857. The SMILES string of the molecule is Cc1nn(C)c(C)c1CC(N)c1ccoc1. The summed E-state index contributed by atoms with van der Waals surface area (Å²) in [6.07, 6.45) is 4.15. The van der Waals surface area contributed by atoms with Gasteiger partial charge in [-0.15, -0.1) is 0 Å². The van der Waals surface area contributed by atoms with Crippen LogP contribution in [0.25, 0.3) is 0 Å². The first-order chi connectivity index (χ1) is 7.59. The second-order valence-corrected chi connectivity index (χ2v) is 4.14. The van der Waals surface area contributed by atoms with Gasteiger partial charge in [0.25, 0.3) is 0 Å². The Bertz CT molecular complexity index is 471. The average Bonchev–Trinajstić information content (AvgIpc) is 2.83. The van der Waals surface area contributed by atoms with Crippen LogP contribution in [0.4, 0.5) is 0 Å². The van der Waals surface area contributed by atoms with E-state index in [0.717, 1.165) is 17.7 Å². The first-order valence-electron chi connectivity index (χ1n) is 5.36. The molecule has 0 bridgehead atoms. The van der Waals surface area contributed by atoms with Gasteiger partial charge in [-0.2, -0.15) is 5.10 Å². The largest absolute Gasteiger partial charge is 0.472 e. The number of hydrogen-bond donors (Lipinski definition) is 1. The number of nitrogens with zero attached hydrogens (tertiary/aromatic N) is 2. The lowest BCUT2D eigenvalue weighted by molar-refractivity contribution is 0.558. The lowest BCUT2D eigenvalue weighted by Crippen LogP contribution is -2.13. The van der Waals surface area contributed by atoms with Gasteiger partial charge >= 0.3 is 0 Å². The lowest BCUT2D eigenvalue weighted by Gasteiger charge is -2.09. The molecule has 2 aromatic rings. The zero-order valence-electron chi connectivity index (χ0n) is 9.90. The monoisotopic (exact) mass is 219 g/mol. The topological polar surface area (TPSA) is 57.0 Å². The van der Waals surface area contributed by atoms with E-state index in [2.05, 4.69) is 12.0 Å². The maximum absolute atomic E-state index is 6.12. The highest BCUT2D eigenvalue weighted by Gasteiger charge is 2.15. The van der Waals surface area contributed by atoms with Crippen LogP contribution >= 0.6 is 0 Å². The van der Waals surface area contributed by atoms with Crippen LogP contribution in [0.15, 0.2) is 23.0 Å². The van der Waals surface area contributed by atoms with Crippen molar-refractivity contribution < 1.29 is 4.42 Å². The van der Waals surface area contributed by atoms with E-state index in [1.54, 1.807) is 12.5 Å². The normalized spacial score (nSPS) is 13.0. The second kappa shape index (κ2) is 4.14. The Morgan fingerprint density at radius 2 is 2.25 bits per heavy atom. The molecule has 1 atom stereocenters. The van der Waals surface area contributed by atoms with Crippen molar-refractivity contribution in [1.82, 2.24) is 9.78 Å². The first-order valence-corrected chi connectivity index (χ1v) is 5.36. The van der Waals surface area contributed by atoms with Crippen molar-refractivity contribution in [2.75, 3.05) is 0 Å². The molecule has 2 N–H and O–H groups in total. The van der Waals surface area contributed by atoms with Gasteiger partial charge in [0.05, 0.1) is 18.2 Å². The van der Waals surface area contributed by atoms with E-state index in [4.69, 9.17) is 10.2 Å². The molecule has 0 aromatic carbocycles. The molecule has 0 fully saturated rings. The predicted molar refractivity (Wildman–Crippen MR) is 62.0 cm³/mol. The van der Waals surface area contributed by atoms with E-state index in [1.165, 1.54) is 11.3 Å². The Hall–Kier alpha value is -1.55. The molecule has 16 heavy (non-hydrogen) atoms. The van der Waals surface area contributed by atoms with Crippen LogP contribution in [0.5, 0.6) is 0 Å². The third-order valence-corrected chi connectivity index (χ3v) is 3.05. The van der Waals surface area contributed by atoms with Crippen molar-refractivity contribution in [3.8, 4) is 0 Å². The van der Waals surface area contributed by atoms with Gasteiger partial charge in [0.15, 0.2) is 0 Å². The molecule has 2 heterocycles. The Labute approximate surface area is 95.1 Å². The van der Waals surface area contributed by atoms with Crippen molar-refractivity contribution >= 4 is 0 Å². The first kappa shape index (κ1) is 11.0. The standard InChI is InChI=1S/C12H17N3O/c1-8-11(9(2)15(3)14-8)6-12(13)10-4-5-16-7-10/h4-5,7,12H,6,13H2,1-3H3. The van der Waals surface area contributed by atoms with Gasteiger partial charge in [0.2, 0.25) is 0 Å². The van der Waals surface area contributed by atoms with Crippen LogP contribution in [-0.4, -0.2) is 9.78 Å². The molecule has 0 aliphatic carbocycles. The summed E-state index contributed by atoms with van der Waals surface area (Å²) in [6, 6.07) is 1.88. The van der Waals surface area contributed by atoms with Crippen molar-refractivity contribution in [3.05, 3.63) is 41.1 Å². The molecule has 4 nitrogen and oxygen atoms in total. The van der Waals surface area contributed by atoms with Gasteiger partial charge in [-0.1, -0.05) is 0 Å². The van der Waals surface area contributed by atoms with Gasteiger partial charge in [0, 0.05) is 24.3 Å². The Morgan fingerprint density at radius 1 is 1.50 bits per heavy atom. The summed E-state index contributed by atoms with van der Waals surface area (Å²) in [5.41, 5.74) is 10.6. The third-order valence-electron chi connectivity index (χ3n) is 3.05. The fourth-order valence-corrected chi connectivity index (χ4v) is 1.94. The molecule has 0 radical (unpaired) electrons. The molecular weight excluding hydrogens is 202 g/mol. The zero-order valence-corrected chi connectivity index (χ0v) is 9.90. The highest BCUT2D eigenvalue weighted by Crippen LogP contribution is 2.20. The lowest BCUT2D eigenvalue weighted by atomic mass is 10.0. The second-order valence-electron chi connectivity index (χ2n) is 4.14. The fourth-order valence-electron chi connectivity index (χ4n) is 1.94. The van der Waals surface area contributed by atoms with Crippen LogP contribution in [0.1, 0.15) is 28.6 Å². The number of aromatic nitrogens is 2. The zero-order chi connectivity index (χ0) is 11.7. The summed E-state index contributed by atoms with van der Waals surface area (Å²) < 4.78 is 6.93. The van der Waals surface area contributed by atoms with E-state index in [0.29, 0.717) is 0 Å². The molecule has 0 aliphatic rings. The Morgan fingerprint density at radius 3 is 2.75 bits per heavy atom. The van der Waals surface area contributed by atoms with E-state index in [9.17, 15) is 0 Å². The van der Waals surface area contributed by atoms with Crippen molar-refractivity contribution in [2.45, 2.75) is 26.3 Å². The van der Waals surface area contributed by atoms with Crippen LogP contribution in [0, 0.1) is 13.8 Å². The molecule has 0 saturated heterocycles. The van der Waals surface area contributed by atoms with Crippen LogP contribution in [0.3, 0.4) is 0 Å². The number of aryl methyl sites for hydroxylation is 2. The summed E-state index contributed by atoms with van der Waals surface area (Å²) >= 11 is 0. The fraction of sp³-hybridized carbons (Fsp3) is 0.417. The summed E-state index contributed by atoms with van der Waals surface area (Å²) in [4.78, 5) is 0. The van der Waals surface area contributed by atoms with E-state index in [-0.39, 0.29) is 6.04 Å². The van der Waals surface area contributed by atoms with Gasteiger partial charge in [-0.25, -0.2) is 0 Å². The minimum atomic E-state index is -0.0275. The summed E-state index contributed by atoms with van der Waals surface area (Å²) in [7, 11) is 1.95. The maximum Gasteiger partial charge on any atom is 0.0950 e. The highest BCUT2D eigenvalue weighted by molar-refractivity contribution is 5.27. The molecule has 86 valence electrons. The molecule has 2 aromatic heterocycles. The molecule has 0 aliphatic heterocycles. The maximum atomic E-state index is 6.12. The minimum Gasteiger partial charge on any atom is -0.472 e. The number of nitrogens with two attached hydrogens (primary N) is 1. The molecule has 0 amide bonds. The molecular formula is C12H17N3O. The number of furan rings is 1. The molecule has 2 rings (SSSR count). The van der Waals surface area contributed by atoms with Gasteiger partial charge in [0.1, 0.15) is 0 Å². The van der Waals surface area contributed by atoms with E-state index >= 15 is 0 Å². The van der Waals surface area contributed by atoms with Gasteiger partial charge < -0.3 is 10.2 Å². The highest BCUT2D eigenvalue weighted by atomic mass is 16.3. The Kier molecular flexibility index (Phi) is 2.83. The van der Waals surface area contributed by atoms with E-state index in [1.807, 2.05) is 24.7 Å². The van der Waals surface area contributed by atoms with Crippen LogP contribution in [-0.2, 0) is 13.5 Å². The van der Waals surface area contributed by atoms with E-state index < -0.39 is 0 Å². The molecule has 1 unspecified atom stereocenters.